The van der Waals surface area contributed by atoms with Gasteiger partial charge in [-0.05, 0) is 26.3 Å². The van der Waals surface area contributed by atoms with Crippen molar-refractivity contribution in [3.05, 3.63) is 16.7 Å². The Morgan fingerprint density at radius 3 is 3.11 bits per heavy atom. The molecule has 1 fully saturated rings. The van der Waals surface area contributed by atoms with Crippen LogP contribution < -0.4 is 10.6 Å². The molecule has 9 heteroatoms. The molecule has 0 aromatic carbocycles. The zero-order valence-corrected chi connectivity index (χ0v) is 11.0. The van der Waals surface area contributed by atoms with Gasteiger partial charge in [-0.3, -0.25) is 10.1 Å². The molecular weight excluding hydrogens is 268 g/mol. The number of carbonyl (C=O) groups is 1. The lowest BCUT2D eigenvalue weighted by molar-refractivity contribution is 0.101. The Bertz CT molecular complexity index is 588. The summed E-state index contributed by atoms with van der Waals surface area (Å²) < 4.78 is 5.10. The van der Waals surface area contributed by atoms with E-state index in [-0.39, 0.29) is 11.9 Å². The third-order valence-electron chi connectivity index (χ3n) is 2.75. The number of amides is 1. The molecule has 1 aliphatic heterocycles. The van der Waals surface area contributed by atoms with Gasteiger partial charge in [0, 0.05) is 0 Å². The van der Waals surface area contributed by atoms with Gasteiger partial charge < -0.3 is 9.84 Å². The van der Waals surface area contributed by atoms with Crippen LogP contribution in [0, 0.1) is 6.92 Å². The van der Waals surface area contributed by atoms with Crippen molar-refractivity contribution in [2.75, 3.05) is 11.9 Å². The van der Waals surface area contributed by atoms with Gasteiger partial charge in [-0.25, -0.2) is 0 Å². The summed E-state index contributed by atoms with van der Waals surface area (Å²) in [6, 6.07) is 0.0535. The van der Waals surface area contributed by atoms with E-state index in [0.717, 1.165) is 24.4 Å². The van der Waals surface area contributed by atoms with Crippen molar-refractivity contribution in [1.82, 2.24) is 25.7 Å². The van der Waals surface area contributed by atoms with Crippen molar-refractivity contribution in [2.45, 2.75) is 25.8 Å². The van der Waals surface area contributed by atoms with Crippen LogP contribution in [-0.4, -0.2) is 32.8 Å². The molecule has 0 saturated carbocycles. The average Bonchev–Trinajstić information content (AvgIpc) is 3.08. The second kappa shape index (κ2) is 5.02. The predicted molar refractivity (Wildman–Crippen MR) is 66.9 cm³/mol. The van der Waals surface area contributed by atoms with E-state index in [2.05, 4.69) is 31.0 Å². The van der Waals surface area contributed by atoms with Gasteiger partial charge in [0.2, 0.25) is 11.0 Å². The third-order valence-corrected chi connectivity index (χ3v) is 3.50. The normalized spacial score (nSPS) is 18.7. The molecule has 0 aliphatic carbocycles. The second-order valence-electron chi connectivity index (χ2n) is 4.19. The minimum atomic E-state index is -0.441. The molecule has 100 valence electrons. The summed E-state index contributed by atoms with van der Waals surface area (Å²) in [6.07, 6.45) is 2.01. The topological polar surface area (TPSA) is 106 Å². The highest BCUT2D eigenvalue weighted by molar-refractivity contribution is 7.15. The van der Waals surface area contributed by atoms with Crippen LogP contribution in [0.25, 0.3) is 0 Å². The predicted octanol–water partition coefficient (Wildman–Crippen LogP) is 0.906. The number of hydrogen-bond donors (Lipinski definition) is 2. The fraction of sp³-hybridized carbons (Fsp3) is 0.500. The number of nitrogens with one attached hydrogen (secondary N) is 2. The van der Waals surface area contributed by atoms with Gasteiger partial charge in [-0.2, -0.15) is 4.98 Å². The Hall–Kier alpha value is -1.87. The van der Waals surface area contributed by atoms with Gasteiger partial charge in [-0.1, -0.05) is 16.5 Å². The molecule has 0 spiro atoms. The van der Waals surface area contributed by atoms with E-state index in [1.54, 1.807) is 0 Å². The molecular formula is C10H12N6O2S. The molecule has 1 unspecified atom stereocenters. The van der Waals surface area contributed by atoms with E-state index < -0.39 is 5.91 Å². The van der Waals surface area contributed by atoms with E-state index in [4.69, 9.17) is 4.52 Å². The Morgan fingerprint density at radius 2 is 2.42 bits per heavy atom. The largest absolute Gasteiger partial charge is 0.337 e. The van der Waals surface area contributed by atoms with Crippen LogP contribution in [0.3, 0.4) is 0 Å². The summed E-state index contributed by atoms with van der Waals surface area (Å²) in [7, 11) is 0. The standard InChI is InChI=1S/C10H12N6O2S/c1-5-14-15-10(19-5)13-8(17)7-12-9(18-16-7)6-3-2-4-11-6/h6,11H,2-4H2,1H3,(H,13,15,17). The molecule has 2 aromatic heterocycles. The monoisotopic (exact) mass is 280 g/mol. The first-order chi connectivity index (χ1) is 9.22. The number of rotatable bonds is 3. The lowest BCUT2D eigenvalue weighted by Gasteiger charge is -2.01. The molecule has 0 radical (unpaired) electrons. The number of nitrogens with zero attached hydrogens (tertiary/aromatic N) is 4. The second-order valence-corrected chi connectivity index (χ2v) is 5.37. The van der Waals surface area contributed by atoms with Crippen molar-refractivity contribution in [3.8, 4) is 0 Å². The molecule has 1 saturated heterocycles. The van der Waals surface area contributed by atoms with Crippen molar-refractivity contribution in [1.29, 1.82) is 0 Å². The zero-order valence-electron chi connectivity index (χ0n) is 10.2. The highest BCUT2D eigenvalue weighted by Crippen LogP contribution is 2.21. The Morgan fingerprint density at radius 1 is 1.53 bits per heavy atom. The third kappa shape index (κ3) is 2.61. The smallest absolute Gasteiger partial charge is 0.298 e. The lowest BCUT2D eigenvalue weighted by atomic mass is 10.2. The first kappa shape index (κ1) is 12.2. The quantitative estimate of drug-likeness (QED) is 0.860. The molecule has 19 heavy (non-hydrogen) atoms. The molecule has 0 bridgehead atoms. The van der Waals surface area contributed by atoms with Gasteiger partial charge in [-0.15, -0.1) is 10.2 Å². The first-order valence-electron chi connectivity index (χ1n) is 5.91. The van der Waals surface area contributed by atoms with Gasteiger partial charge in [0.05, 0.1) is 6.04 Å². The van der Waals surface area contributed by atoms with E-state index in [1.165, 1.54) is 11.3 Å². The highest BCUT2D eigenvalue weighted by atomic mass is 32.1. The minimum absolute atomic E-state index is 0.0107. The van der Waals surface area contributed by atoms with Crippen LogP contribution in [0.5, 0.6) is 0 Å². The summed E-state index contributed by atoms with van der Waals surface area (Å²) in [4.78, 5) is 16.0. The molecule has 1 atom stereocenters. The lowest BCUT2D eigenvalue weighted by Crippen LogP contribution is -2.15. The number of hydrogen-bond acceptors (Lipinski definition) is 8. The number of anilines is 1. The van der Waals surface area contributed by atoms with Crippen LogP contribution >= 0.6 is 11.3 Å². The SMILES string of the molecule is Cc1nnc(NC(=O)c2noc(C3CCCN3)n2)s1. The summed E-state index contributed by atoms with van der Waals surface area (Å²) in [6.45, 7) is 2.74. The van der Waals surface area contributed by atoms with Gasteiger partial charge in [0.1, 0.15) is 5.01 Å². The molecule has 2 aromatic rings. The zero-order chi connectivity index (χ0) is 13.2. The summed E-state index contributed by atoms with van der Waals surface area (Å²) in [5.74, 6) is 0.0248. The maximum absolute atomic E-state index is 11.9. The highest BCUT2D eigenvalue weighted by Gasteiger charge is 2.24. The van der Waals surface area contributed by atoms with Gasteiger partial charge in [0.25, 0.3) is 11.7 Å². The summed E-state index contributed by atoms with van der Waals surface area (Å²) in [5, 5.41) is 18.3. The maximum Gasteiger partial charge on any atom is 0.298 e. The Balaban J connectivity index is 1.69. The van der Waals surface area contributed by atoms with Gasteiger partial charge in [0.15, 0.2) is 0 Å². The number of aryl methyl sites for hydroxylation is 1. The van der Waals surface area contributed by atoms with Crippen molar-refractivity contribution >= 4 is 22.4 Å². The molecule has 3 heterocycles. The minimum Gasteiger partial charge on any atom is -0.337 e. The van der Waals surface area contributed by atoms with Crippen LogP contribution in [0.15, 0.2) is 4.52 Å². The maximum atomic E-state index is 11.9. The molecule has 2 N–H and O–H groups in total. The Kier molecular flexibility index (Phi) is 3.22. The average molecular weight is 280 g/mol. The van der Waals surface area contributed by atoms with Crippen LogP contribution in [0.2, 0.25) is 0 Å². The van der Waals surface area contributed by atoms with Crippen molar-refractivity contribution in [2.24, 2.45) is 0 Å². The molecule has 1 amide bonds. The molecule has 8 nitrogen and oxygen atoms in total. The van der Waals surface area contributed by atoms with E-state index >= 15 is 0 Å². The Labute approximate surface area is 112 Å². The summed E-state index contributed by atoms with van der Waals surface area (Å²) in [5.41, 5.74) is 0. The van der Waals surface area contributed by atoms with Crippen molar-refractivity contribution in [3.63, 3.8) is 0 Å². The fourth-order valence-corrected chi connectivity index (χ4v) is 2.45. The van der Waals surface area contributed by atoms with Crippen LogP contribution in [-0.2, 0) is 0 Å². The van der Waals surface area contributed by atoms with E-state index in [9.17, 15) is 4.79 Å². The van der Waals surface area contributed by atoms with Crippen LogP contribution in [0.1, 0.15) is 40.4 Å². The number of aromatic nitrogens is 4. The number of carbonyl (C=O) groups excluding carboxylic acids is 1. The summed E-state index contributed by atoms with van der Waals surface area (Å²) >= 11 is 1.29. The van der Waals surface area contributed by atoms with E-state index in [1.807, 2.05) is 6.92 Å². The molecule has 3 rings (SSSR count). The van der Waals surface area contributed by atoms with Crippen LogP contribution in [0.4, 0.5) is 5.13 Å². The van der Waals surface area contributed by atoms with E-state index in [0.29, 0.717) is 11.0 Å². The van der Waals surface area contributed by atoms with Gasteiger partial charge >= 0.3 is 0 Å². The fourth-order valence-electron chi connectivity index (χ4n) is 1.86. The van der Waals surface area contributed by atoms with Crippen molar-refractivity contribution < 1.29 is 9.32 Å². The first-order valence-corrected chi connectivity index (χ1v) is 6.72. The molecule has 1 aliphatic rings.